The highest BCUT2D eigenvalue weighted by molar-refractivity contribution is 8.00. The van der Waals surface area contributed by atoms with Gasteiger partial charge in [0.15, 0.2) is 0 Å². The molecule has 0 heterocycles. The van der Waals surface area contributed by atoms with Crippen molar-refractivity contribution in [3.63, 3.8) is 0 Å². The van der Waals surface area contributed by atoms with Gasteiger partial charge < -0.3 is 5.32 Å². The molecule has 1 aliphatic rings. The number of nitrogens with one attached hydrogen (secondary N) is 1. The minimum Gasteiger partial charge on any atom is -0.310 e. The van der Waals surface area contributed by atoms with Crippen molar-refractivity contribution in [2.24, 2.45) is 5.92 Å². The summed E-state index contributed by atoms with van der Waals surface area (Å²) in [7, 11) is 0. The van der Waals surface area contributed by atoms with Crippen LogP contribution in [0.1, 0.15) is 58.1 Å². The lowest BCUT2D eigenvalue weighted by Crippen LogP contribution is -2.17. The highest BCUT2D eigenvalue weighted by atomic mass is 32.2. The third kappa shape index (κ3) is 4.54. The van der Waals surface area contributed by atoms with Crippen LogP contribution in [0.4, 0.5) is 0 Å². The molecule has 0 amide bonds. The second-order valence-electron chi connectivity index (χ2n) is 5.85. The van der Waals surface area contributed by atoms with E-state index in [2.05, 4.69) is 62.1 Å². The fraction of sp³-hybridized carbons (Fsp3) is 0.647. The smallest absolute Gasteiger partial charge is 0.0291 e. The lowest BCUT2D eigenvalue weighted by atomic mass is 9.91. The van der Waals surface area contributed by atoms with Crippen LogP contribution in [-0.2, 0) is 0 Å². The Hall–Kier alpha value is -0.470. The first-order valence-corrected chi connectivity index (χ1v) is 8.57. The van der Waals surface area contributed by atoms with Gasteiger partial charge in [0.25, 0.3) is 0 Å². The number of hydrogen-bond donors (Lipinski definition) is 1. The molecule has 0 radical (unpaired) electrons. The highest BCUT2D eigenvalue weighted by Gasteiger charge is 2.18. The molecule has 19 heavy (non-hydrogen) atoms. The SMILES string of the molecule is CCNC(C)c1ccc(SC2CCC(C)CC2)cc1. The molecule has 1 unspecified atom stereocenters. The van der Waals surface area contributed by atoms with Crippen molar-refractivity contribution in [1.29, 1.82) is 0 Å². The van der Waals surface area contributed by atoms with Gasteiger partial charge in [0.2, 0.25) is 0 Å². The normalized spacial score (nSPS) is 25.2. The van der Waals surface area contributed by atoms with Crippen LogP contribution >= 0.6 is 11.8 Å². The van der Waals surface area contributed by atoms with Crippen LogP contribution in [0.15, 0.2) is 29.2 Å². The number of hydrogen-bond acceptors (Lipinski definition) is 2. The fourth-order valence-corrected chi connectivity index (χ4v) is 3.98. The maximum absolute atomic E-state index is 3.46. The first-order chi connectivity index (χ1) is 9.19. The third-order valence-electron chi connectivity index (χ3n) is 4.16. The van der Waals surface area contributed by atoms with Crippen LogP contribution in [0.5, 0.6) is 0 Å². The largest absolute Gasteiger partial charge is 0.310 e. The average molecular weight is 277 g/mol. The molecule has 0 bridgehead atoms. The van der Waals surface area contributed by atoms with Gasteiger partial charge in [-0.3, -0.25) is 0 Å². The summed E-state index contributed by atoms with van der Waals surface area (Å²) in [4.78, 5) is 1.44. The summed E-state index contributed by atoms with van der Waals surface area (Å²) in [5, 5.41) is 4.30. The number of thioether (sulfide) groups is 1. The van der Waals surface area contributed by atoms with Crippen molar-refractivity contribution in [2.75, 3.05) is 6.54 Å². The molecule has 1 fully saturated rings. The molecule has 1 aliphatic carbocycles. The molecule has 2 heteroatoms. The van der Waals surface area contributed by atoms with Crippen molar-refractivity contribution in [3.8, 4) is 0 Å². The molecule has 106 valence electrons. The molecule has 2 rings (SSSR count). The Morgan fingerprint density at radius 1 is 1.16 bits per heavy atom. The lowest BCUT2D eigenvalue weighted by molar-refractivity contribution is 0.393. The van der Waals surface area contributed by atoms with Crippen molar-refractivity contribution in [2.45, 2.75) is 62.6 Å². The van der Waals surface area contributed by atoms with Crippen molar-refractivity contribution in [3.05, 3.63) is 29.8 Å². The summed E-state index contributed by atoms with van der Waals surface area (Å²) in [6, 6.07) is 9.61. The van der Waals surface area contributed by atoms with E-state index in [1.165, 1.54) is 36.1 Å². The molecule has 1 aromatic rings. The van der Waals surface area contributed by atoms with E-state index in [1.807, 2.05) is 0 Å². The molecule has 1 nitrogen and oxygen atoms in total. The standard InChI is InChI=1S/C17H27NS/c1-4-18-14(3)15-7-11-17(12-8-15)19-16-9-5-13(2)6-10-16/h7-8,11-14,16,18H,4-6,9-10H2,1-3H3. The predicted molar refractivity (Wildman–Crippen MR) is 85.8 cm³/mol. The summed E-state index contributed by atoms with van der Waals surface area (Å²) >= 11 is 2.08. The van der Waals surface area contributed by atoms with Crippen LogP contribution < -0.4 is 5.32 Å². The monoisotopic (exact) mass is 277 g/mol. The zero-order valence-electron chi connectivity index (χ0n) is 12.5. The van der Waals surface area contributed by atoms with Gasteiger partial charge in [-0.15, -0.1) is 11.8 Å². The molecule has 1 atom stereocenters. The van der Waals surface area contributed by atoms with Crippen molar-refractivity contribution < 1.29 is 0 Å². The van der Waals surface area contributed by atoms with E-state index >= 15 is 0 Å². The van der Waals surface area contributed by atoms with Crippen LogP contribution in [0.3, 0.4) is 0 Å². The van der Waals surface area contributed by atoms with Gasteiger partial charge in [0.1, 0.15) is 0 Å². The maximum atomic E-state index is 3.46. The van der Waals surface area contributed by atoms with Crippen molar-refractivity contribution in [1.82, 2.24) is 5.32 Å². The van der Waals surface area contributed by atoms with E-state index in [9.17, 15) is 0 Å². The second-order valence-corrected chi connectivity index (χ2v) is 7.22. The first kappa shape index (κ1) is 14.9. The first-order valence-electron chi connectivity index (χ1n) is 7.69. The topological polar surface area (TPSA) is 12.0 Å². The van der Waals surface area contributed by atoms with Gasteiger partial charge in [-0.25, -0.2) is 0 Å². The molecule has 1 N–H and O–H groups in total. The summed E-state index contributed by atoms with van der Waals surface area (Å²) in [6.07, 6.45) is 5.60. The summed E-state index contributed by atoms with van der Waals surface area (Å²) in [6.45, 7) is 7.80. The van der Waals surface area contributed by atoms with Gasteiger partial charge >= 0.3 is 0 Å². The van der Waals surface area contributed by atoms with E-state index < -0.39 is 0 Å². The van der Waals surface area contributed by atoms with Gasteiger partial charge in [0.05, 0.1) is 0 Å². The van der Waals surface area contributed by atoms with Crippen LogP contribution in [-0.4, -0.2) is 11.8 Å². The molecular formula is C17H27NS. The zero-order valence-corrected chi connectivity index (χ0v) is 13.3. The van der Waals surface area contributed by atoms with Crippen LogP contribution in [0, 0.1) is 5.92 Å². The highest BCUT2D eigenvalue weighted by Crippen LogP contribution is 2.35. The minimum absolute atomic E-state index is 0.458. The molecule has 0 spiro atoms. The predicted octanol–water partition coefficient (Wildman–Crippen LogP) is 5.03. The molecule has 1 aromatic carbocycles. The Labute approximate surface area is 122 Å². The Morgan fingerprint density at radius 2 is 1.79 bits per heavy atom. The van der Waals surface area contributed by atoms with Gasteiger partial charge in [-0.2, -0.15) is 0 Å². The van der Waals surface area contributed by atoms with E-state index in [0.717, 1.165) is 17.7 Å². The Balaban J connectivity index is 1.88. The van der Waals surface area contributed by atoms with Crippen LogP contribution in [0.25, 0.3) is 0 Å². The maximum Gasteiger partial charge on any atom is 0.0291 e. The second kappa shape index (κ2) is 7.35. The van der Waals surface area contributed by atoms with Gasteiger partial charge in [0, 0.05) is 16.2 Å². The molecule has 0 aliphatic heterocycles. The van der Waals surface area contributed by atoms with Gasteiger partial charge in [-0.1, -0.05) is 26.0 Å². The summed E-state index contributed by atoms with van der Waals surface area (Å²) < 4.78 is 0. The fourth-order valence-electron chi connectivity index (χ4n) is 2.80. The molecular weight excluding hydrogens is 250 g/mol. The molecule has 0 saturated heterocycles. The minimum atomic E-state index is 0.458. The van der Waals surface area contributed by atoms with Crippen molar-refractivity contribution >= 4 is 11.8 Å². The Morgan fingerprint density at radius 3 is 2.37 bits per heavy atom. The van der Waals surface area contributed by atoms with E-state index in [0.29, 0.717) is 6.04 Å². The average Bonchev–Trinajstić information content (AvgIpc) is 2.42. The van der Waals surface area contributed by atoms with E-state index in [1.54, 1.807) is 0 Å². The molecule has 1 saturated carbocycles. The summed E-state index contributed by atoms with van der Waals surface area (Å²) in [5.74, 6) is 0.945. The molecule has 0 aromatic heterocycles. The number of benzene rings is 1. The summed E-state index contributed by atoms with van der Waals surface area (Å²) in [5.41, 5.74) is 1.39. The van der Waals surface area contributed by atoms with E-state index in [4.69, 9.17) is 0 Å². The van der Waals surface area contributed by atoms with Gasteiger partial charge in [-0.05, 0) is 62.8 Å². The van der Waals surface area contributed by atoms with Crippen LogP contribution in [0.2, 0.25) is 0 Å². The Kier molecular flexibility index (Phi) is 5.77. The quantitative estimate of drug-likeness (QED) is 0.810. The Bertz CT molecular complexity index is 365. The third-order valence-corrected chi connectivity index (χ3v) is 5.51. The van der Waals surface area contributed by atoms with E-state index in [-0.39, 0.29) is 0 Å². The lowest BCUT2D eigenvalue weighted by Gasteiger charge is -2.25. The number of rotatable bonds is 5. The zero-order chi connectivity index (χ0) is 13.7.